The van der Waals surface area contributed by atoms with E-state index in [-0.39, 0.29) is 5.91 Å². The lowest BCUT2D eigenvalue weighted by Crippen LogP contribution is -2.48. The van der Waals surface area contributed by atoms with Crippen LogP contribution >= 0.6 is 0 Å². The molecule has 0 atom stereocenters. The lowest BCUT2D eigenvalue weighted by molar-refractivity contribution is -0.119. The van der Waals surface area contributed by atoms with E-state index in [0.717, 1.165) is 44.2 Å². The highest BCUT2D eigenvalue weighted by Gasteiger charge is 2.18. The molecule has 2 heterocycles. The third-order valence-corrected chi connectivity index (χ3v) is 2.91. The van der Waals surface area contributed by atoms with Crippen LogP contribution < -0.4 is 5.73 Å². The van der Waals surface area contributed by atoms with Crippen molar-refractivity contribution in [1.29, 1.82) is 0 Å². The lowest BCUT2D eigenvalue weighted by Gasteiger charge is -2.33. The first-order valence-corrected chi connectivity index (χ1v) is 5.78. The Balaban J connectivity index is 1.77. The molecule has 1 saturated heterocycles. The molecule has 17 heavy (non-hydrogen) atoms. The predicted molar refractivity (Wildman–Crippen MR) is 62.2 cm³/mol. The van der Waals surface area contributed by atoms with Crippen LogP contribution in [0.3, 0.4) is 0 Å². The van der Waals surface area contributed by atoms with Gasteiger partial charge in [-0.05, 0) is 6.92 Å². The molecule has 0 bridgehead atoms. The molecule has 0 unspecified atom stereocenters. The van der Waals surface area contributed by atoms with Gasteiger partial charge in [-0.3, -0.25) is 14.6 Å². The molecule has 1 aromatic rings. The van der Waals surface area contributed by atoms with E-state index in [0.29, 0.717) is 6.54 Å². The fraction of sp³-hybridized carbons (Fsp3) is 0.636. The van der Waals surface area contributed by atoms with Gasteiger partial charge in [0.2, 0.25) is 5.91 Å². The van der Waals surface area contributed by atoms with Gasteiger partial charge in [-0.25, -0.2) is 0 Å². The van der Waals surface area contributed by atoms with Gasteiger partial charge < -0.3 is 10.3 Å². The molecular formula is C11H18N4O2. The molecule has 6 heteroatoms. The van der Waals surface area contributed by atoms with Crippen LogP contribution in [-0.4, -0.2) is 53.6 Å². The van der Waals surface area contributed by atoms with Crippen LogP contribution in [0.5, 0.6) is 0 Å². The summed E-state index contributed by atoms with van der Waals surface area (Å²) in [5.41, 5.74) is 6.13. The van der Waals surface area contributed by atoms with Crippen LogP contribution in [-0.2, 0) is 11.3 Å². The van der Waals surface area contributed by atoms with Crippen molar-refractivity contribution in [3.05, 3.63) is 17.5 Å². The van der Waals surface area contributed by atoms with Gasteiger partial charge >= 0.3 is 0 Å². The summed E-state index contributed by atoms with van der Waals surface area (Å²) < 4.78 is 5.03. The number of aryl methyl sites for hydroxylation is 1. The third-order valence-electron chi connectivity index (χ3n) is 2.91. The van der Waals surface area contributed by atoms with E-state index < -0.39 is 0 Å². The average molecular weight is 238 g/mol. The Labute approximate surface area is 100 Å². The number of rotatable bonds is 4. The van der Waals surface area contributed by atoms with Gasteiger partial charge in [0.05, 0.1) is 12.2 Å². The Morgan fingerprint density at radius 1 is 1.41 bits per heavy atom. The second-order valence-electron chi connectivity index (χ2n) is 4.45. The van der Waals surface area contributed by atoms with Crippen molar-refractivity contribution in [3.63, 3.8) is 0 Å². The largest absolute Gasteiger partial charge is 0.369 e. The molecular weight excluding hydrogens is 220 g/mol. The summed E-state index contributed by atoms with van der Waals surface area (Å²) in [6, 6.07) is 1.95. The lowest BCUT2D eigenvalue weighted by atomic mass is 10.3. The maximum Gasteiger partial charge on any atom is 0.231 e. The topological polar surface area (TPSA) is 75.6 Å². The van der Waals surface area contributed by atoms with E-state index >= 15 is 0 Å². The number of carbonyl (C=O) groups is 1. The van der Waals surface area contributed by atoms with Crippen LogP contribution in [0.15, 0.2) is 10.6 Å². The number of amides is 1. The minimum Gasteiger partial charge on any atom is -0.369 e. The molecule has 0 saturated carbocycles. The first-order valence-electron chi connectivity index (χ1n) is 5.78. The fourth-order valence-electron chi connectivity index (χ4n) is 2.05. The highest BCUT2D eigenvalue weighted by molar-refractivity contribution is 5.75. The van der Waals surface area contributed by atoms with Gasteiger partial charge in [-0.2, -0.15) is 0 Å². The number of carbonyl (C=O) groups excluding carboxylic acids is 1. The van der Waals surface area contributed by atoms with Gasteiger partial charge in [0.15, 0.2) is 0 Å². The van der Waals surface area contributed by atoms with Gasteiger partial charge in [0, 0.05) is 38.8 Å². The van der Waals surface area contributed by atoms with Gasteiger partial charge in [-0.1, -0.05) is 5.16 Å². The second kappa shape index (κ2) is 5.29. The van der Waals surface area contributed by atoms with Crippen LogP contribution in [0.1, 0.15) is 11.5 Å². The van der Waals surface area contributed by atoms with E-state index in [9.17, 15) is 4.79 Å². The molecule has 1 aliphatic rings. The third kappa shape index (κ3) is 3.54. The Morgan fingerprint density at radius 2 is 2.06 bits per heavy atom. The zero-order valence-electron chi connectivity index (χ0n) is 10.1. The van der Waals surface area contributed by atoms with Crippen molar-refractivity contribution in [3.8, 4) is 0 Å². The second-order valence-corrected chi connectivity index (χ2v) is 4.45. The summed E-state index contributed by atoms with van der Waals surface area (Å²) in [5.74, 6) is 0.581. The summed E-state index contributed by atoms with van der Waals surface area (Å²) in [4.78, 5) is 15.2. The Hall–Kier alpha value is -1.40. The van der Waals surface area contributed by atoms with Gasteiger partial charge in [-0.15, -0.1) is 0 Å². The summed E-state index contributed by atoms with van der Waals surface area (Å²) in [6.07, 6.45) is 0. The number of nitrogens with two attached hydrogens (primary N) is 1. The van der Waals surface area contributed by atoms with Crippen LogP contribution in [0, 0.1) is 6.92 Å². The summed E-state index contributed by atoms with van der Waals surface area (Å²) in [7, 11) is 0. The molecule has 6 nitrogen and oxygen atoms in total. The predicted octanol–water partition coefficient (Wildman–Crippen LogP) is -0.414. The molecule has 94 valence electrons. The van der Waals surface area contributed by atoms with Crippen molar-refractivity contribution in [2.24, 2.45) is 5.73 Å². The molecule has 0 aromatic carbocycles. The molecule has 1 amide bonds. The van der Waals surface area contributed by atoms with Crippen molar-refractivity contribution in [2.75, 3.05) is 32.7 Å². The van der Waals surface area contributed by atoms with E-state index in [1.807, 2.05) is 13.0 Å². The monoisotopic (exact) mass is 238 g/mol. The molecule has 2 rings (SSSR count). The van der Waals surface area contributed by atoms with E-state index in [1.165, 1.54) is 0 Å². The molecule has 0 spiro atoms. The first kappa shape index (κ1) is 12.1. The molecule has 0 radical (unpaired) electrons. The number of hydrogen-bond acceptors (Lipinski definition) is 5. The number of aromatic nitrogens is 1. The minimum absolute atomic E-state index is 0.259. The Morgan fingerprint density at radius 3 is 2.59 bits per heavy atom. The summed E-state index contributed by atoms with van der Waals surface area (Å²) in [6.45, 7) is 6.66. The highest BCUT2D eigenvalue weighted by atomic mass is 16.5. The van der Waals surface area contributed by atoms with E-state index in [1.54, 1.807) is 0 Å². The van der Waals surface area contributed by atoms with Gasteiger partial charge in [0.1, 0.15) is 5.76 Å². The molecule has 0 aliphatic carbocycles. The number of primary amides is 1. The maximum atomic E-state index is 10.8. The van der Waals surface area contributed by atoms with Crippen molar-refractivity contribution >= 4 is 5.91 Å². The molecule has 2 N–H and O–H groups in total. The van der Waals surface area contributed by atoms with Crippen molar-refractivity contribution in [2.45, 2.75) is 13.5 Å². The normalized spacial score (nSPS) is 18.4. The molecule has 1 fully saturated rings. The van der Waals surface area contributed by atoms with Crippen LogP contribution in [0.2, 0.25) is 0 Å². The summed E-state index contributed by atoms with van der Waals surface area (Å²) >= 11 is 0. The van der Waals surface area contributed by atoms with Crippen molar-refractivity contribution < 1.29 is 9.32 Å². The highest BCUT2D eigenvalue weighted by Crippen LogP contribution is 2.08. The average Bonchev–Trinajstić information content (AvgIpc) is 2.66. The molecule has 1 aromatic heterocycles. The first-order chi connectivity index (χ1) is 8.13. The van der Waals surface area contributed by atoms with Gasteiger partial charge in [0.25, 0.3) is 0 Å². The number of nitrogens with zero attached hydrogens (tertiary/aromatic N) is 3. The Bertz CT molecular complexity index is 383. The smallest absolute Gasteiger partial charge is 0.231 e. The number of piperazine rings is 1. The van der Waals surface area contributed by atoms with Crippen LogP contribution in [0.4, 0.5) is 0 Å². The Kier molecular flexibility index (Phi) is 3.75. The van der Waals surface area contributed by atoms with E-state index in [4.69, 9.17) is 10.3 Å². The maximum absolute atomic E-state index is 10.8. The zero-order valence-corrected chi connectivity index (χ0v) is 10.1. The zero-order chi connectivity index (χ0) is 12.3. The minimum atomic E-state index is -0.259. The quantitative estimate of drug-likeness (QED) is 0.771. The van der Waals surface area contributed by atoms with Crippen molar-refractivity contribution in [1.82, 2.24) is 15.0 Å². The van der Waals surface area contributed by atoms with Crippen LogP contribution in [0.25, 0.3) is 0 Å². The standard InChI is InChI=1S/C11H18N4O2/c1-9-6-10(13-17-9)7-14-2-4-15(5-3-14)8-11(12)16/h6H,2-5,7-8H2,1H3,(H2,12,16). The molecule has 1 aliphatic heterocycles. The fourth-order valence-corrected chi connectivity index (χ4v) is 2.05. The van der Waals surface area contributed by atoms with E-state index in [2.05, 4.69) is 15.0 Å². The number of hydrogen-bond donors (Lipinski definition) is 1. The SMILES string of the molecule is Cc1cc(CN2CCN(CC(N)=O)CC2)no1. The summed E-state index contributed by atoms with van der Waals surface area (Å²) in [5, 5.41) is 3.97.